The van der Waals surface area contributed by atoms with Crippen LogP contribution in [0.5, 0.6) is 5.75 Å². The van der Waals surface area contributed by atoms with Crippen molar-refractivity contribution in [2.75, 3.05) is 20.3 Å². The maximum absolute atomic E-state index is 14.3. The predicted molar refractivity (Wildman–Crippen MR) is 77.9 cm³/mol. The van der Waals surface area contributed by atoms with E-state index in [4.69, 9.17) is 9.47 Å². The van der Waals surface area contributed by atoms with E-state index in [9.17, 15) is 13.6 Å². The first kappa shape index (κ1) is 19.9. The molecule has 2 aromatic rings. The van der Waals surface area contributed by atoms with Gasteiger partial charge in [0.1, 0.15) is 12.4 Å². The first-order valence-electron chi connectivity index (χ1n) is 6.81. The first-order valence-corrected chi connectivity index (χ1v) is 6.81. The monoisotopic (exact) mass is 397 g/mol. The molecule has 1 aromatic heterocycles. The molecule has 0 spiro atoms. The molecule has 0 saturated carbocycles. The third-order valence-corrected chi connectivity index (χ3v) is 3.11. The van der Waals surface area contributed by atoms with Gasteiger partial charge in [0.25, 0.3) is 0 Å². The molecule has 1 radical (unpaired) electrons. The normalized spacial score (nSPS) is 10.3. The van der Waals surface area contributed by atoms with Crippen LogP contribution in [0.2, 0.25) is 0 Å². The van der Waals surface area contributed by atoms with Gasteiger partial charge in [-0.05, 0) is 12.5 Å². The minimum atomic E-state index is -0.809. The van der Waals surface area contributed by atoms with Gasteiger partial charge in [0.05, 0.1) is 18.2 Å². The van der Waals surface area contributed by atoms with Crippen molar-refractivity contribution in [2.24, 2.45) is 0 Å². The number of nitrogens with zero attached hydrogens (tertiary/aromatic N) is 1. The number of rotatable bonds is 6. The van der Waals surface area contributed by atoms with Gasteiger partial charge in [-0.25, -0.2) is 8.78 Å². The molecule has 0 N–H and O–H groups in total. The van der Waals surface area contributed by atoms with E-state index in [1.807, 2.05) is 0 Å². The molecule has 1 aromatic carbocycles. The van der Waals surface area contributed by atoms with Crippen molar-refractivity contribution >= 4 is 0 Å². The Hall–Kier alpha value is -1.11. The van der Waals surface area contributed by atoms with E-state index in [1.54, 1.807) is 6.92 Å². The summed E-state index contributed by atoms with van der Waals surface area (Å²) in [5.74, 6) is -1.55. The third-order valence-electron chi connectivity index (χ3n) is 3.11. The summed E-state index contributed by atoms with van der Waals surface area (Å²) in [5.41, 5.74) is -0.553. The fraction of sp³-hybridized carbons (Fsp3) is 0.312. The van der Waals surface area contributed by atoms with E-state index in [-0.39, 0.29) is 68.4 Å². The average molecular weight is 397 g/mol. The van der Waals surface area contributed by atoms with Crippen molar-refractivity contribution < 1.29 is 51.0 Å². The summed E-state index contributed by atoms with van der Waals surface area (Å²) in [7, 11) is 1.50. The summed E-state index contributed by atoms with van der Waals surface area (Å²) >= 11 is 0. The minimum absolute atomic E-state index is 0. The number of aromatic nitrogens is 1. The standard InChI is InChI=1S/C16H16F2NO3.Y/c1-3-19-14(5-4-6-15(19)20)16-12(17)9-11(10-13(16)18)22-8-7-21-2;/h4,6,9-10H,3,7-8H2,1-2H3;/q-1;. The molecule has 0 aliphatic carbocycles. The van der Waals surface area contributed by atoms with Crippen LogP contribution in [0.15, 0.2) is 29.1 Å². The molecule has 0 unspecified atom stereocenters. The summed E-state index contributed by atoms with van der Waals surface area (Å²) in [6.07, 6.45) is 0. The molecule has 0 amide bonds. The van der Waals surface area contributed by atoms with Crippen LogP contribution < -0.4 is 10.3 Å². The Bertz CT molecular complexity index is 696. The minimum Gasteiger partial charge on any atom is -0.491 e. The van der Waals surface area contributed by atoms with Gasteiger partial charge in [-0.3, -0.25) is 4.79 Å². The number of benzene rings is 1. The third kappa shape index (κ3) is 4.69. The molecule has 121 valence electrons. The number of hydrogen-bond acceptors (Lipinski definition) is 3. The van der Waals surface area contributed by atoms with Crippen molar-refractivity contribution in [3.8, 4) is 17.0 Å². The zero-order valence-electron chi connectivity index (χ0n) is 12.9. The van der Waals surface area contributed by atoms with Crippen molar-refractivity contribution in [1.82, 2.24) is 4.57 Å². The predicted octanol–water partition coefficient (Wildman–Crippen LogP) is 2.64. The van der Waals surface area contributed by atoms with Gasteiger partial charge in [-0.2, -0.15) is 12.1 Å². The van der Waals surface area contributed by atoms with Gasteiger partial charge in [0.15, 0.2) is 5.56 Å². The van der Waals surface area contributed by atoms with Gasteiger partial charge in [-0.15, -0.1) is 0 Å². The first-order chi connectivity index (χ1) is 10.6. The van der Waals surface area contributed by atoms with Crippen LogP contribution in [-0.2, 0) is 44.0 Å². The van der Waals surface area contributed by atoms with Crippen molar-refractivity contribution in [3.63, 3.8) is 0 Å². The molecule has 0 aliphatic rings. The Labute approximate surface area is 158 Å². The Morgan fingerprint density at radius 1 is 1.22 bits per heavy atom. The average Bonchev–Trinajstić information content (AvgIpc) is 2.47. The van der Waals surface area contributed by atoms with Crippen LogP contribution in [0.25, 0.3) is 11.3 Å². The van der Waals surface area contributed by atoms with Gasteiger partial charge < -0.3 is 14.0 Å². The van der Waals surface area contributed by atoms with E-state index in [1.165, 1.54) is 23.8 Å². The molecule has 2 rings (SSSR count). The molecule has 4 nitrogen and oxygen atoms in total. The molecule has 0 aliphatic heterocycles. The van der Waals surface area contributed by atoms with E-state index >= 15 is 0 Å². The second-order valence-electron chi connectivity index (χ2n) is 4.51. The SMILES string of the molecule is CCn1c(-c2c(F)cc(OCCOC)cc2F)[c-]ccc1=O.[Y]. The van der Waals surface area contributed by atoms with Gasteiger partial charge in [-0.1, -0.05) is 11.8 Å². The molecule has 7 heteroatoms. The topological polar surface area (TPSA) is 40.5 Å². The van der Waals surface area contributed by atoms with E-state index in [2.05, 4.69) is 6.07 Å². The smallest absolute Gasteiger partial charge is 0.194 e. The molecular weight excluding hydrogens is 381 g/mol. The fourth-order valence-corrected chi connectivity index (χ4v) is 2.09. The fourth-order valence-electron chi connectivity index (χ4n) is 2.09. The summed E-state index contributed by atoms with van der Waals surface area (Å²) in [4.78, 5) is 11.8. The molecule has 23 heavy (non-hydrogen) atoms. The van der Waals surface area contributed by atoms with Crippen molar-refractivity contribution in [1.29, 1.82) is 0 Å². The van der Waals surface area contributed by atoms with Crippen LogP contribution in [0, 0.1) is 17.7 Å². The van der Waals surface area contributed by atoms with E-state index in [0.717, 1.165) is 12.1 Å². The second kappa shape index (κ2) is 9.25. The maximum Gasteiger partial charge on any atom is 0.194 e. The van der Waals surface area contributed by atoms with Gasteiger partial charge >= 0.3 is 0 Å². The zero-order chi connectivity index (χ0) is 16.1. The van der Waals surface area contributed by atoms with Crippen LogP contribution in [0.3, 0.4) is 0 Å². The Morgan fingerprint density at radius 2 is 1.87 bits per heavy atom. The van der Waals surface area contributed by atoms with Crippen molar-refractivity contribution in [3.05, 3.63) is 52.3 Å². The number of pyridine rings is 1. The Balaban J connectivity index is 0.00000264. The molecule has 0 bridgehead atoms. The number of methoxy groups -OCH3 is 1. The number of halogens is 2. The zero-order valence-corrected chi connectivity index (χ0v) is 15.8. The van der Waals surface area contributed by atoms with Crippen LogP contribution >= 0.6 is 0 Å². The second-order valence-corrected chi connectivity index (χ2v) is 4.51. The Morgan fingerprint density at radius 3 is 2.43 bits per heavy atom. The van der Waals surface area contributed by atoms with Crippen LogP contribution in [0.1, 0.15) is 6.92 Å². The van der Waals surface area contributed by atoms with Gasteiger partial charge in [0, 0.05) is 58.5 Å². The van der Waals surface area contributed by atoms with Crippen LogP contribution in [0.4, 0.5) is 8.78 Å². The molecule has 0 atom stereocenters. The maximum atomic E-state index is 14.3. The summed E-state index contributed by atoms with van der Waals surface area (Å²) in [6.45, 7) is 2.51. The molecule has 0 saturated heterocycles. The largest absolute Gasteiger partial charge is 0.491 e. The van der Waals surface area contributed by atoms with E-state index < -0.39 is 11.6 Å². The molecule has 1 heterocycles. The summed E-state index contributed by atoms with van der Waals surface area (Å²) in [6, 6.07) is 7.54. The summed E-state index contributed by atoms with van der Waals surface area (Å²) in [5, 5.41) is 0. The Kier molecular flexibility index (Phi) is 8.02. The molecule has 0 fully saturated rings. The van der Waals surface area contributed by atoms with Crippen molar-refractivity contribution in [2.45, 2.75) is 13.5 Å². The number of hydrogen-bond donors (Lipinski definition) is 0. The molecular formula is C16H16F2NO3Y-. The van der Waals surface area contributed by atoms with Crippen LogP contribution in [-0.4, -0.2) is 24.9 Å². The van der Waals surface area contributed by atoms with Gasteiger partial charge in [0.2, 0.25) is 0 Å². The quantitative estimate of drug-likeness (QED) is 0.556. The number of ether oxygens (including phenoxy) is 2. The van der Waals surface area contributed by atoms with E-state index in [0.29, 0.717) is 6.61 Å². The summed E-state index contributed by atoms with van der Waals surface area (Å²) < 4.78 is 39.8.